The summed E-state index contributed by atoms with van der Waals surface area (Å²) in [5.74, 6) is -1.79. The van der Waals surface area contributed by atoms with Gasteiger partial charge in [0.15, 0.2) is 0 Å². The fourth-order valence-electron chi connectivity index (χ4n) is 3.49. The predicted molar refractivity (Wildman–Crippen MR) is 123 cm³/mol. The van der Waals surface area contributed by atoms with E-state index in [4.69, 9.17) is 4.74 Å². The van der Waals surface area contributed by atoms with Crippen LogP contribution >= 0.6 is 23.5 Å². The molecule has 2 amide bonds. The van der Waals surface area contributed by atoms with Crippen LogP contribution in [0, 0.1) is 0 Å². The van der Waals surface area contributed by atoms with Gasteiger partial charge < -0.3 is 15.2 Å². The molecule has 1 aromatic heterocycles. The molecule has 1 saturated heterocycles. The first-order valence-electron chi connectivity index (χ1n) is 9.62. The molecule has 4 rings (SSSR count). The van der Waals surface area contributed by atoms with E-state index < -0.39 is 35.3 Å². The standard InChI is InChI=1S/C19H18N6O6S2.Na.H/c1-24-19(21-22-23-24)33-8-11-7-32-17-12(16(28)25(17)13(11)18(29)30)20-15(27)14(31-9-26)10-5-3-2-4-6-10;;/h2-6,9,12,14,17H,7-8H2,1H3,(H,20,27)(H,29,30);;/t12?,14?,17-;;/m1../s1. The molecule has 174 valence electrons. The van der Waals surface area contributed by atoms with Crippen molar-refractivity contribution in [1.82, 2.24) is 30.4 Å². The van der Waals surface area contributed by atoms with Crippen LogP contribution in [0.4, 0.5) is 0 Å². The molecule has 0 saturated carbocycles. The van der Waals surface area contributed by atoms with Crippen LogP contribution in [0.25, 0.3) is 0 Å². The average molecular weight is 515 g/mol. The number of carbonyl (C=O) groups is 4. The zero-order chi connectivity index (χ0) is 23.5. The number of fused-ring (bicyclic) bond motifs is 1. The monoisotopic (exact) mass is 514 g/mol. The third-order valence-electron chi connectivity index (χ3n) is 5.04. The number of hydrogen-bond donors (Lipinski definition) is 2. The Morgan fingerprint density at radius 3 is 2.74 bits per heavy atom. The van der Waals surface area contributed by atoms with Gasteiger partial charge in [0.1, 0.15) is 17.1 Å². The van der Waals surface area contributed by atoms with Crippen LogP contribution in [0.2, 0.25) is 0 Å². The van der Waals surface area contributed by atoms with Gasteiger partial charge in [0.25, 0.3) is 18.3 Å². The number of rotatable bonds is 9. The first-order valence-corrected chi connectivity index (χ1v) is 11.7. The molecule has 34 heavy (non-hydrogen) atoms. The number of carbonyl (C=O) groups excluding carboxylic acids is 3. The number of carboxylic acid groups (broad SMARTS) is 1. The number of nitrogens with zero attached hydrogens (tertiary/aromatic N) is 5. The Kier molecular flexibility index (Phi) is 8.76. The van der Waals surface area contributed by atoms with Crippen molar-refractivity contribution in [2.45, 2.75) is 22.7 Å². The molecule has 3 heterocycles. The average Bonchev–Trinajstić information content (AvgIpc) is 3.23. The summed E-state index contributed by atoms with van der Waals surface area (Å²) in [4.78, 5) is 49.7. The number of tetrazole rings is 1. The Labute approximate surface area is 224 Å². The predicted octanol–water partition coefficient (Wildman–Crippen LogP) is -0.693. The van der Waals surface area contributed by atoms with E-state index in [-0.39, 0.29) is 41.7 Å². The van der Waals surface area contributed by atoms with Gasteiger partial charge in [-0.15, -0.1) is 16.9 Å². The maximum atomic E-state index is 12.8. The van der Waals surface area contributed by atoms with Crippen LogP contribution in [0.15, 0.2) is 46.8 Å². The molecule has 1 aromatic carbocycles. The molecule has 1 fully saturated rings. The van der Waals surface area contributed by atoms with Gasteiger partial charge in [-0.1, -0.05) is 42.1 Å². The number of aliphatic carboxylic acids is 1. The molecule has 0 bridgehead atoms. The molecule has 12 nitrogen and oxygen atoms in total. The van der Waals surface area contributed by atoms with Gasteiger partial charge in [0, 0.05) is 24.1 Å². The molecule has 2 aliphatic rings. The van der Waals surface area contributed by atoms with Gasteiger partial charge >= 0.3 is 35.5 Å². The Morgan fingerprint density at radius 1 is 1.38 bits per heavy atom. The summed E-state index contributed by atoms with van der Waals surface area (Å²) in [6.45, 7) is 0.170. The quantitative estimate of drug-likeness (QED) is 0.189. The number of nitrogens with one attached hydrogen (secondary N) is 1. The normalized spacial score (nSPS) is 19.9. The van der Waals surface area contributed by atoms with E-state index in [0.717, 1.165) is 0 Å². The summed E-state index contributed by atoms with van der Waals surface area (Å²) < 4.78 is 6.40. The zero-order valence-corrected chi connectivity index (χ0v) is 18.8. The van der Waals surface area contributed by atoms with Crippen molar-refractivity contribution in [1.29, 1.82) is 0 Å². The van der Waals surface area contributed by atoms with E-state index in [2.05, 4.69) is 20.8 Å². The van der Waals surface area contributed by atoms with Gasteiger partial charge in [0.2, 0.25) is 11.3 Å². The molecule has 0 spiro atoms. The number of aromatic nitrogens is 4. The number of carboxylic acids is 1. The molecule has 0 radical (unpaired) electrons. The van der Waals surface area contributed by atoms with Crippen LogP contribution in [0.3, 0.4) is 0 Å². The molecule has 2 aliphatic heterocycles. The van der Waals surface area contributed by atoms with Crippen LogP contribution in [0.1, 0.15) is 11.7 Å². The van der Waals surface area contributed by atoms with Crippen LogP contribution in [-0.2, 0) is 31.0 Å². The van der Waals surface area contributed by atoms with Crippen LogP contribution in [-0.4, -0.2) is 107 Å². The molecule has 2 aromatic rings. The summed E-state index contributed by atoms with van der Waals surface area (Å²) in [5, 5.41) is 23.4. The second-order valence-electron chi connectivity index (χ2n) is 7.05. The van der Waals surface area contributed by atoms with Gasteiger partial charge in [-0.25, -0.2) is 9.48 Å². The van der Waals surface area contributed by atoms with Crippen molar-refractivity contribution in [2.75, 3.05) is 11.5 Å². The number of β-lactam (4-membered cyclic amide) rings is 1. The first-order chi connectivity index (χ1) is 15.9. The van der Waals surface area contributed by atoms with Crippen molar-refractivity contribution >= 4 is 77.3 Å². The third kappa shape index (κ3) is 5.15. The van der Waals surface area contributed by atoms with Crippen molar-refractivity contribution in [3.63, 3.8) is 0 Å². The molecular weight excluding hydrogens is 495 g/mol. The molecule has 2 N–H and O–H groups in total. The summed E-state index contributed by atoms with van der Waals surface area (Å²) in [5.41, 5.74) is 0.910. The van der Waals surface area contributed by atoms with E-state index >= 15 is 0 Å². The number of aryl methyl sites for hydroxylation is 1. The van der Waals surface area contributed by atoms with Crippen LogP contribution in [0.5, 0.6) is 0 Å². The molecule has 15 heteroatoms. The van der Waals surface area contributed by atoms with Gasteiger partial charge in [-0.05, 0) is 16.0 Å². The number of ether oxygens (including phenoxy) is 1. The van der Waals surface area contributed by atoms with Crippen molar-refractivity contribution in [2.24, 2.45) is 7.05 Å². The number of thioether (sulfide) groups is 2. The first kappa shape index (κ1) is 26.2. The van der Waals surface area contributed by atoms with E-state index in [9.17, 15) is 24.3 Å². The molecular formula is C19H19N6NaO6S2. The summed E-state index contributed by atoms with van der Waals surface area (Å²) in [7, 11) is 1.67. The van der Waals surface area contributed by atoms with Crippen LogP contribution < -0.4 is 5.32 Å². The topological polar surface area (TPSA) is 157 Å². The fraction of sp³-hybridized carbons (Fsp3) is 0.316. The van der Waals surface area contributed by atoms with Crippen molar-refractivity contribution in [3.05, 3.63) is 47.2 Å². The Balaban J connectivity index is 0.00000324. The second-order valence-corrected chi connectivity index (χ2v) is 9.10. The Hall–Kier alpha value is -2.39. The molecule has 2 unspecified atom stereocenters. The summed E-state index contributed by atoms with van der Waals surface area (Å²) >= 11 is 2.61. The van der Waals surface area contributed by atoms with E-state index in [0.29, 0.717) is 27.8 Å². The van der Waals surface area contributed by atoms with Crippen molar-refractivity contribution < 1.29 is 29.0 Å². The Morgan fingerprint density at radius 2 is 2.12 bits per heavy atom. The molecule has 3 atom stereocenters. The van der Waals surface area contributed by atoms with Gasteiger partial charge in [0.05, 0.1) is 0 Å². The number of amides is 2. The zero-order valence-electron chi connectivity index (χ0n) is 17.2. The third-order valence-corrected chi connectivity index (χ3v) is 7.47. The van der Waals surface area contributed by atoms with E-state index in [1.165, 1.54) is 33.1 Å². The second kappa shape index (κ2) is 11.4. The minimum atomic E-state index is -1.23. The maximum absolute atomic E-state index is 12.8. The van der Waals surface area contributed by atoms with Gasteiger partial charge in [-0.3, -0.25) is 19.3 Å². The Bertz CT molecular complexity index is 1130. The molecule has 0 aliphatic carbocycles. The summed E-state index contributed by atoms with van der Waals surface area (Å²) in [6.07, 6.45) is -1.22. The SMILES string of the molecule is Cn1nnnc1SCC1=C(C(=O)O)N2C(=O)C(NC(=O)C(OC=O)c3ccccc3)[C@H]2SC1.[NaH]. The van der Waals surface area contributed by atoms with Crippen molar-refractivity contribution in [3.8, 4) is 0 Å². The minimum absolute atomic E-state index is 0. The summed E-state index contributed by atoms with van der Waals surface area (Å²) in [6, 6.07) is 7.45. The number of benzene rings is 1. The fourth-order valence-corrected chi connectivity index (χ4v) is 5.83. The van der Waals surface area contributed by atoms with Gasteiger partial charge in [-0.2, -0.15) is 0 Å². The van der Waals surface area contributed by atoms with E-state index in [1.807, 2.05) is 0 Å². The number of hydrogen-bond acceptors (Lipinski definition) is 10. The van der Waals surface area contributed by atoms with E-state index in [1.54, 1.807) is 37.4 Å².